The van der Waals surface area contributed by atoms with Gasteiger partial charge in [0, 0.05) is 19.2 Å². The van der Waals surface area contributed by atoms with Gasteiger partial charge >= 0.3 is 0 Å². The molecule has 1 saturated carbocycles. The van der Waals surface area contributed by atoms with Gasteiger partial charge in [-0.05, 0) is 49.9 Å². The first-order chi connectivity index (χ1) is 14.7. The normalized spacial score (nSPS) is 18.2. The summed E-state index contributed by atoms with van der Waals surface area (Å²) >= 11 is 0. The van der Waals surface area contributed by atoms with Crippen LogP contribution in [-0.4, -0.2) is 60.6 Å². The van der Waals surface area contributed by atoms with E-state index in [0.717, 1.165) is 38.1 Å². The average Bonchev–Trinajstić information content (AvgIpc) is 3.23. The van der Waals surface area contributed by atoms with Crippen LogP contribution in [0.25, 0.3) is 0 Å². The molecule has 1 aliphatic carbocycles. The number of carbonyl (C=O) groups excluding carboxylic acids is 2. The fourth-order valence-corrected chi connectivity index (χ4v) is 3.85. The summed E-state index contributed by atoms with van der Waals surface area (Å²) in [7, 11) is 1.55. The van der Waals surface area contributed by atoms with Crippen molar-refractivity contribution in [2.24, 2.45) is 0 Å². The Bertz CT molecular complexity index is 856. The Balaban J connectivity index is 1.50. The van der Waals surface area contributed by atoms with Gasteiger partial charge in [-0.25, -0.2) is 0 Å². The van der Waals surface area contributed by atoms with Crippen molar-refractivity contribution in [2.75, 3.05) is 26.8 Å². The van der Waals surface area contributed by atoms with Gasteiger partial charge in [-0.3, -0.25) is 9.59 Å². The van der Waals surface area contributed by atoms with E-state index in [1.807, 2.05) is 24.3 Å². The maximum Gasteiger partial charge on any atom is 0.258 e. The number of para-hydroxylation sites is 1. The molecule has 4 rings (SSSR count). The standard InChI is InChI=1S/C23H28N2O5/c1-28-21-9-3-2-8-20(21)23(27)25(17-10-11-17)16-22(26)24(14-18-6-4-12-29-18)15-19-7-5-13-30-19/h2-4,6,8-9,12,17,19H,5,7,10-11,13-16H2,1H3. The second-order valence-electron chi connectivity index (χ2n) is 7.85. The summed E-state index contributed by atoms with van der Waals surface area (Å²) in [6.45, 7) is 1.64. The highest BCUT2D eigenvalue weighted by Crippen LogP contribution is 2.30. The fraction of sp³-hybridized carbons (Fsp3) is 0.478. The minimum absolute atomic E-state index is 0.0307. The van der Waals surface area contributed by atoms with Gasteiger partial charge in [0.25, 0.3) is 5.91 Å². The zero-order valence-corrected chi connectivity index (χ0v) is 17.3. The van der Waals surface area contributed by atoms with Crippen molar-refractivity contribution in [1.82, 2.24) is 9.80 Å². The minimum atomic E-state index is -0.168. The highest BCUT2D eigenvalue weighted by atomic mass is 16.5. The summed E-state index contributed by atoms with van der Waals surface area (Å²) in [6, 6.07) is 10.9. The SMILES string of the molecule is COc1ccccc1C(=O)N(CC(=O)N(Cc1ccco1)CC1CCCO1)C1CC1. The zero-order valence-electron chi connectivity index (χ0n) is 17.3. The summed E-state index contributed by atoms with van der Waals surface area (Å²) in [5.41, 5.74) is 0.483. The molecule has 1 aromatic heterocycles. The van der Waals surface area contributed by atoms with Crippen molar-refractivity contribution in [3.05, 3.63) is 54.0 Å². The summed E-state index contributed by atoms with van der Waals surface area (Å²) in [6.07, 6.45) is 5.41. The molecule has 0 radical (unpaired) electrons. The Labute approximate surface area is 176 Å². The van der Waals surface area contributed by atoms with Crippen LogP contribution < -0.4 is 4.74 Å². The molecule has 2 heterocycles. The van der Waals surface area contributed by atoms with E-state index in [0.29, 0.717) is 24.4 Å². The summed E-state index contributed by atoms with van der Waals surface area (Å²) in [5.74, 6) is 0.971. The number of amides is 2. The van der Waals surface area contributed by atoms with Crippen molar-refractivity contribution in [2.45, 2.75) is 44.4 Å². The molecule has 30 heavy (non-hydrogen) atoms. The molecule has 160 valence electrons. The summed E-state index contributed by atoms with van der Waals surface area (Å²) in [5, 5.41) is 0. The van der Waals surface area contributed by atoms with Crippen molar-refractivity contribution in [3.63, 3.8) is 0 Å². The number of hydrogen-bond donors (Lipinski definition) is 0. The third kappa shape index (κ3) is 4.84. The molecular formula is C23H28N2O5. The second-order valence-corrected chi connectivity index (χ2v) is 7.85. The van der Waals surface area contributed by atoms with Crippen LogP contribution in [0.15, 0.2) is 47.1 Å². The predicted octanol–water partition coefficient (Wildman–Crippen LogP) is 3.10. The molecule has 0 spiro atoms. The first-order valence-corrected chi connectivity index (χ1v) is 10.5. The Hall–Kier alpha value is -2.80. The van der Waals surface area contributed by atoms with E-state index in [-0.39, 0.29) is 30.5 Å². The zero-order chi connectivity index (χ0) is 20.9. The molecule has 2 amide bonds. The molecule has 2 fully saturated rings. The monoisotopic (exact) mass is 412 g/mol. The van der Waals surface area contributed by atoms with Crippen LogP contribution in [0.1, 0.15) is 41.8 Å². The lowest BCUT2D eigenvalue weighted by Crippen LogP contribution is -2.45. The van der Waals surface area contributed by atoms with E-state index >= 15 is 0 Å². The Morgan fingerprint density at radius 3 is 2.63 bits per heavy atom. The first kappa shape index (κ1) is 20.5. The van der Waals surface area contributed by atoms with E-state index in [9.17, 15) is 9.59 Å². The summed E-state index contributed by atoms with van der Waals surface area (Å²) < 4.78 is 16.6. The molecule has 1 unspecified atom stereocenters. The van der Waals surface area contributed by atoms with Crippen LogP contribution in [0.2, 0.25) is 0 Å². The van der Waals surface area contributed by atoms with Crippen LogP contribution in [0.5, 0.6) is 5.75 Å². The van der Waals surface area contributed by atoms with E-state index in [1.165, 1.54) is 0 Å². The molecular weight excluding hydrogens is 384 g/mol. The number of nitrogens with zero attached hydrogens (tertiary/aromatic N) is 2. The lowest BCUT2D eigenvalue weighted by Gasteiger charge is -2.29. The Morgan fingerprint density at radius 1 is 1.13 bits per heavy atom. The maximum absolute atomic E-state index is 13.3. The van der Waals surface area contributed by atoms with Gasteiger partial charge in [-0.15, -0.1) is 0 Å². The van der Waals surface area contributed by atoms with Crippen LogP contribution in [-0.2, 0) is 16.1 Å². The molecule has 7 heteroatoms. The molecule has 1 aliphatic heterocycles. The van der Waals surface area contributed by atoms with Gasteiger partial charge in [-0.1, -0.05) is 12.1 Å². The van der Waals surface area contributed by atoms with E-state index < -0.39 is 0 Å². The quantitative estimate of drug-likeness (QED) is 0.633. The number of rotatable bonds is 9. The van der Waals surface area contributed by atoms with Crippen molar-refractivity contribution in [3.8, 4) is 5.75 Å². The number of furan rings is 1. The van der Waals surface area contributed by atoms with Crippen molar-refractivity contribution < 1.29 is 23.5 Å². The molecule has 7 nitrogen and oxygen atoms in total. The number of ether oxygens (including phenoxy) is 2. The third-order valence-electron chi connectivity index (χ3n) is 5.62. The average molecular weight is 412 g/mol. The highest BCUT2D eigenvalue weighted by molar-refractivity contribution is 5.99. The van der Waals surface area contributed by atoms with Gasteiger partial charge < -0.3 is 23.7 Å². The van der Waals surface area contributed by atoms with Crippen LogP contribution >= 0.6 is 0 Å². The summed E-state index contributed by atoms with van der Waals surface area (Å²) in [4.78, 5) is 30.0. The van der Waals surface area contributed by atoms with Gasteiger partial charge in [-0.2, -0.15) is 0 Å². The number of carbonyl (C=O) groups is 2. The van der Waals surface area contributed by atoms with Crippen LogP contribution in [0.4, 0.5) is 0 Å². The molecule has 1 aromatic carbocycles. The molecule has 1 atom stereocenters. The lowest BCUT2D eigenvalue weighted by atomic mass is 10.1. The number of benzene rings is 1. The molecule has 1 saturated heterocycles. The Morgan fingerprint density at radius 2 is 1.97 bits per heavy atom. The molecule has 2 aliphatic rings. The van der Waals surface area contributed by atoms with Gasteiger partial charge in [0.15, 0.2) is 0 Å². The van der Waals surface area contributed by atoms with Gasteiger partial charge in [0.1, 0.15) is 18.1 Å². The molecule has 2 aromatic rings. The fourth-order valence-electron chi connectivity index (χ4n) is 3.85. The topological polar surface area (TPSA) is 72.2 Å². The number of methoxy groups -OCH3 is 1. The predicted molar refractivity (Wildman–Crippen MR) is 110 cm³/mol. The Kier molecular flexibility index (Phi) is 6.38. The maximum atomic E-state index is 13.3. The first-order valence-electron chi connectivity index (χ1n) is 10.5. The van der Waals surface area contributed by atoms with E-state index in [1.54, 1.807) is 35.3 Å². The van der Waals surface area contributed by atoms with Crippen LogP contribution in [0.3, 0.4) is 0 Å². The van der Waals surface area contributed by atoms with E-state index in [2.05, 4.69) is 0 Å². The second kappa shape index (κ2) is 9.34. The molecule has 0 N–H and O–H groups in total. The van der Waals surface area contributed by atoms with Gasteiger partial charge in [0.2, 0.25) is 5.91 Å². The van der Waals surface area contributed by atoms with Crippen molar-refractivity contribution in [1.29, 1.82) is 0 Å². The minimum Gasteiger partial charge on any atom is -0.496 e. The van der Waals surface area contributed by atoms with E-state index in [4.69, 9.17) is 13.9 Å². The largest absolute Gasteiger partial charge is 0.496 e. The highest BCUT2D eigenvalue weighted by Gasteiger charge is 2.36. The molecule has 0 bridgehead atoms. The number of hydrogen-bond acceptors (Lipinski definition) is 5. The third-order valence-corrected chi connectivity index (χ3v) is 5.62. The van der Waals surface area contributed by atoms with Gasteiger partial charge in [0.05, 0.1) is 31.6 Å². The smallest absolute Gasteiger partial charge is 0.258 e. The van der Waals surface area contributed by atoms with Crippen LogP contribution in [0, 0.1) is 0 Å². The lowest BCUT2D eigenvalue weighted by molar-refractivity contribution is -0.134. The van der Waals surface area contributed by atoms with Crippen molar-refractivity contribution >= 4 is 11.8 Å².